The highest BCUT2D eigenvalue weighted by atomic mass is 16.8. The molecule has 3 aliphatic rings. The average Bonchev–Trinajstić information content (AvgIpc) is 3.27. The van der Waals surface area contributed by atoms with Gasteiger partial charge in [0.2, 0.25) is 6.35 Å². The fourth-order valence-corrected chi connectivity index (χ4v) is 3.04. The van der Waals surface area contributed by atoms with E-state index in [9.17, 15) is 24.6 Å². The van der Waals surface area contributed by atoms with E-state index in [1.165, 1.54) is 24.1 Å². The number of nitrogens with zero attached hydrogens (tertiary/aromatic N) is 2. The minimum Gasteiger partial charge on any atom is -0.463 e. The maximum Gasteiger partial charge on any atom is 0.509 e. The van der Waals surface area contributed by atoms with Crippen molar-refractivity contribution in [2.24, 2.45) is 16.6 Å². The van der Waals surface area contributed by atoms with Crippen molar-refractivity contribution >= 4 is 23.9 Å². The summed E-state index contributed by atoms with van der Waals surface area (Å²) < 4.78 is 21.3. The predicted molar refractivity (Wildman–Crippen MR) is 103 cm³/mol. The first-order valence-electron chi connectivity index (χ1n) is 9.89. The zero-order chi connectivity index (χ0) is 23.6. The molecule has 1 unspecified atom stereocenters. The maximum absolute atomic E-state index is 11.8. The van der Waals surface area contributed by atoms with E-state index in [4.69, 9.17) is 29.5 Å². The van der Waals surface area contributed by atoms with Crippen LogP contribution in [-0.2, 0) is 33.4 Å². The van der Waals surface area contributed by atoms with Gasteiger partial charge in [-0.05, 0) is 13.0 Å². The lowest BCUT2D eigenvalue weighted by Gasteiger charge is -2.33. The minimum absolute atomic E-state index is 0.0171. The molecule has 0 saturated carbocycles. The van der Waals surface area contributed by atoms with Crippen molar-refractivity contribution in [2.45, 2.75) is 63.8 Å². The smallest absolute Gasteiger partial charge is 0.463 e. The Hall–Kier alpha value is -2.94. The number of carbonyl (C=O) groups excluding carboxylic acids is 3. The molecule has 0 amide bonds. The molecule has 3 heterocycles. The molecule has 32 heavy (non-hydrogen) atoms. The first kappa shape index (κ1) is 23.7. The van der Waals surface area contributed by atoms with Crippen LogP contribution in [0.15, 0.2) is 17.3 Å². The van der Waals surface area contributed by atoms with E-state index >= 15 is 0 Å². The molecule has 14 nitrogen and oxygen atoms in total. The van der Waals surface area contributed by atoms with E-state index < -0.39 is 61.1 Å². The summed E-state index contributed by atoms with van der Waals surface area (Å²) in [5.41, 5.74) is 7.69. The number of amidine groups is 1. The van der Waals surface area contributed by atoms with E-state index in [1.54, 1.807) is 13.8 Å². The summed E-state index contributed by atoms with van der Waals surface area (Å²) in [6.07, 6.45) is -4.36. The van der Waals surface area contributed by atoms with Crippen LogP contribution in [-0.4, -0.2) is 88.7 Å². The third-order valence-corrected chi connectivity index (χ3v) is 4.88. The molecule has 0 aliphatic carbocycles. The highest BCUT2D eigenvalue weighted by Gasteiger charge is 2.57. The van der Waals surface area contributed by atoms with Crippen molar-refractivity contribution in [2.75, 3.05) is 6.61 Å². The molecule has 7 atom stereocenters. The molecular weight excluding hydrogens is 432 g/mol. The zero-order valence-electron chi connectivity index (χ0n) is 17.6. The Morgan fingerprint density at radius 1 is 1.28 bits per heavy atom. The molecule has 0 aromatic carbocycles. The number of carbonyl (C=O) groups is 3. The Kier molecular flexibility index (Phi) is 7.18. The second-order valence-corrected chi connectivity index (χ2v) is 7.68. The van der Waals surface area contributed by atoms with Gasteiger partial charge in [-0.3, -0.25) is 4.79 Å². The van der Waals surface area contributed by atoms with Gasteiger partial charge in [-0.25, -0.2) is 20.1 Å². The van der Waals surface area contributed by atoms with E-state index in [0.29, 0.717) is 0 Å². The van der Waals surface area contributed by atoms with Crippen LogP contribution in [0, 0.1) is 5.92 Å². The van der Waals surface area contributed by atoms with Crippen LogP contribution in [0.2, 0.25) is 0 Å². The number of aliphatic hydroxyl groups is 2. The number of fused-ring (bicyclic) bond motifs is 1. The van der Waals surface area contributed by atoms with E-state index in [-0.39, 0.29) is 18.4 Å². The Morgan fingerprint density at radius 3 is 2.59 bits per heavy atom. The highest BCUT2D eigenvalue weighted by Crippen LogP contribution is 2.35. The standard InChI is InChI=1S/C18H26N4O10/c1-7(2)15(24)28-6-9-12-13(31-18(27)30-12)14(29-9)22-5-4-10(20-17(22)26)21-32-16(25)11(19)8(3)23/h4-5,7-9,11-14,17,23,26H,6,19H2,1-3H3,(H,20,21)/t8-,9+,11+,12+,13+,14+,17?/m0/s1. The number of hydroxylamine groups is 1. The molecule has 178 valence electrons. The SMILES string of the molecule is CC(C)C(=O)OC[C@H]1O[C@@H](N2C=CC(NOC(=O)[C@H](N)[C@H](C)O)=NC2O)[C@@H]2OC(=O)O[C@@H]21. The Bertz CT molecular complexity index is 801. The number of nitrogens with two attached hydrogens (primary N) is 1. The van der Waals surface area contributed by atoms with Crippen LogP contribution < -0.4 is 11.2 Å². The molecule has 2 fully saturated rings. The quantitative estimate of drug-likeness (QED) is 0.196. The largest absolute Gasteiger partial charge is 0.509 e. The lowest BCUT2D eigenvalue weighted by molar-refractivity contribution is -0.160. The number of aliphatic hydroxyl groups excluding tert-OH is 2. The van der Waals surface area contributed by atoms with Crippen molar-refractivity contribution in [3.05, 3.63) is 12.3 Å². The number of hydrogen-bond donors (Lipinski definition) is 4. The number of nitrogens with one attached hydrogen (secondary N) is 1. The predicted octanol–water partition coefficient (Wildman–Crippen LogP) is -1.93. The molecule has 0 aromatic heterocycles. The van der Waals surface area contributed by atoms with Gasteiger partial charge in [0.15, 0.2) is 24.3 Å². The average molecular weight is 458 g/mol. The van der Waals surface area contributed by atoms with Crippen molar-refractivity contribution in [1.29, 1.82) is 0 Å². The minimum atomic E-state index is -1.51. The first-order chi connectivity index (χ1) is 15.1. The van der Waals surface area contributed by atoms with Gasteiger partial charge in [0.25, 0.3) is 0 Å². The van der Waals surface area contributed by atoms with Gasteiger partial charge in [-0.1, -0.05) is 13.8 Å². The van der Waals surface area contributed by atoms with Gasteiger partial charge in [0.05, 0.1) is 12.0 Å². The number of ether oxygens (including phenoxy) is 4. The first-order valence-corrected chi connectivity index (χ1v) is 9.89. The third kappa shape index (κ3) is 5.09. The third-order valence-electron chi connectivity index (χ3n) is 4.88. The van der Waals surface area contributed by atoms with E-state index in [2.05, 4.69) is 10.5 Å². The molecule has 14 heteroatoms. The molecule has 0 spiro atoms. The summed E-state index contributed by atoms with van der Waals surface area (Å²) in [7, 11) is 0. The van der Waals surface area contributed by atoms with Gasteiger partial charge >= 0.3 is 18.1 Å². The normalized spacial score (nSPS) is 30.7. The number of hydrogen-bond acceptors (Lipinski definition) is 14. The van der Waals surface area contributed by atoms with E-state index in [0.717, 1.165) is 0 Å². The molecular formula is C18H26N4O10. The Morgan fingerprint density at radius 2 is 1.97 bits per heavy atom. The summed E-state index contributed by atoms with van der Waals surface area (Å²) >= 11 is 0. The van der Waals surface area contributed by atoms with Crippen LogP contribution in [0.3, 0.4) is 0 Å². The molecule has 3 aliphatic heterocycles. The highest BCUT2D eigenvalue weighted by molar-refractivity contribution is 5.93. The monoisotopic (exact) mass is 458 g/mol. The second kappa shape index (κ2) is 9.68. The van der Waals surface area contributed by atoms with Crippen LogP contribution in [0.25, 0.3) is 0 Å². The molecule has 0 radical (unpaired) electrons. The molecule has 0 bridgehead atoms. The van der Waals surface area contributed by atoms with E-state index in [1.807, 2.05) is 0 Å². The van der Waals surface area contributed by atoms with Gasteiger partial charge < -0.3 is 44.6 Å². The van der Waals surface area contributed by atoms with Crippen LogP contribution in [0.4, 0.5) is 4.79 Å². The fraction of sp³-hybridized carbons (Fsp3) is 0.667. The van der Waals surface area contributed by atoms with Crippen LogP contribution in [0.1, 0.15) is 20.8 Å². The van der Waals surface area contributed by atoms with Gasteiger partial charge in [0, 0.05) is 6.20 Å². The van der Waals surface area contributed by atoms with Crippen LogP contribution in [0.5, 0.6) is 0 Å². The van der Waals surface area contributed by atoms with Gasteiger partial charge in [0.1, 0.15) is 18.8 Å². The van der Waals surface area contributed by atoms with Crippen LogP contribution >= 0.6 is 0 Å². The number of rotatable bonds is 6. The van der Waals surface area contributed by atoms with Crippen molar-refractivity contribution in [3.63, 3.8) is 0 Å². The topological polar surface area (TPSA) is 191 Å². The second-order valence-electron chi connectivity index (χ2n) is 7.68. The molecule has 0 aromatic rings. The molecule has 5 N–H and O–H groups in total. The maximum atomic E-state index is 11.8. The lowest BCUT2D eigenvalue weighted by Crippen LogP contribution is -2.48. The van der Waals surface area contributed by atoms with Crippen molar-refractivity contribution in [3.8, 4) is 0 Å². The fourth-order valence-electron chi connectivity index (χ4n) is 3.04. The van der Waals surface area contributed by atoms with Crippen molar-refractivity contribution in [1.82, 2.24) is 10.4 Å². The van der Waals surface area contributed by atoms with Gasteiger partial charge in [-0.15, -0.1) is 0 Å². The Labute approximate surface area is 182 Å². The Balaban J connectivity index is 1.61. The summed E-state index contributed by atoms with van der Waals surface area (Å²) in [5, 5.41) is 19.7. The summed E-state index contributed by atoms with van der Waals surface area (Å²) in [4.78, 5) is 45.0. The summed E-state index contributed by atoms with van der Waals surface area (Å²) in [5.74, 6) is -1.73. The number of aliphatic imine (C=N–C) groups is 1. The summed E-state index contributed by atoms with van der Waals surface area (Å²) in [6.45, 7) is 4.51. The van der Waals surface area contributed by atoms with Crippen molar-refractivity contribution < 1.29 is 48.4 Å². The van der Waals surface area contributed by atoms with Gasteiger partial charge in [-0.2, -0.15) is 0 Å². The molecule has 2 saturated heterocycles. The number of esters is 1. The summed E-state index contributed by atoms with van der Waals surface area (Å²) in [6, 6.07) is -1.26. The zero-order valence-corrected chi connectivity index (χ0v) is 17.6. The lowest BCUT2D eigenvalue weighted by atomic mass is 10.1. The molecule has 3 rings (SSSR count).